The lowest BCUT2D eigenvalue weighted by molar-refractivity contribution is 0.212. The summed E-state index contributed by atoms with van der Waals surface area (Å²) in [6.07, 6.45) is 1.10. The van der Waals surface area contributed by atoms with Crippen molar-refractivity contribution >= 4 is 11.9 Å². The number of ether oxygens (including phenoxy) is 1. The Bertz CT molecular complexity index is 442. The Morgan fingerprint density at radius 3 is 2.75 bits per heavy atom. The van der Waals surface area contributed by atoms with Gasteiger partial charge in [-0.2, -0.15) is 15.0 Å². The second-order valence-corrected chi connectivity index (χ2v) is 4.81. The fraction of sp³-hybridized carbons (Fsp3) is 0.750. The molecule has 1 aromatic rings. The first-order chi connectivity index (χ1) is 9.67. The molecule has 2 rings (SSSR count). The molecule has 1 aliphatic rings. The third kappa shape index (κ3) is 3.26. The van der Waals surface area contributed by atoms with Crippen molar-refractivity contribution in [3.05, 3.63) is 0 Å². The van der Waals surface area contributed by atoms with Gasteiger partial charge in [-0.1, -0.05) is 6.92 Å². The molecule has 0 radical (unpaired) electrons. The average molecular weight is 281 g/mol. The highest BCUT2D eigenvalue weighted by Crippen LogP contribution is 2.19. The number of hydrazine groups is 1. The highest BCUT2D eigenvalue weighted by molar-refractivity contribution is 5.38. The highest BCUT2D eigenvalue weighted by Gasteiger charge is 2.25. The van der Waals surface area contributed by atoms with Crippen LogP contribution in [0.5, 0.6) is 6.01 Å². The average Bonchev–Trinajstić information content (AvgIpc) is 2.47. The Morgan fingerprint density at radius 1 is 1.30 bits per heavy atom. The molecule has 8 nitrogen and oxygen atoms in total. The number of hydrogen-bond donors (Lipinski definition) is 2. The molecule has 3 N–H and O–H groups in total. The summed E-state index contributed by atoms with van der Waals surface area (Å²) in [7, 11) is 2.15. The summed E-state index contributed by atoms with van der Waals surface area (Å²) in [6, 6.07) is 0.808. The molecule has 1 aliphatic heterocycles. The normalized spacial score (nSPS) is 20.0. The van der Waals surface area contributed by atoms with E-state index in [9.17, 15) is 0 Å². The zero-order valence-electron chi connectivity index (χ0n) is 12.3. The van der Waals surface area contributed by atoms with Crippen molar-refractivity contribution in [2.45, 2.75) is 26.3 Å². The summed E-state index contributed by atoms with van der Waals surface area (Å²) < 4.78 is 5.36. The Morgan fingerprint density at radius 2 is 2.10 bits per heavy atom. The maximum absolute atomic E-state index is 5.40. The fourth-order valence-corrected chi connectivity index (χ4v) is 2.31. The smallest absolute Gasteiger partial charge is 0.323 e. The van der Waals surface area contributed by atoms with Crippen molar-refractivity contribution in [2.75, 3.05) is 43.6 Å². The van der Waals surface area contributed by atoms with E-state index in [4.69, 9.17) is 10.6 Å². The monoisotopic (exact) mass is 281 g/mol. The van der Waals surface area contributed by atoms with Crippen LogP contribution < -0.4 is 20.9 Å². The number of anilines is 2. The molecule has 1 fully saturated rings. The van der Waals surface area contributed by atoms with Crippen LogP contribution in [0.4, 0.5) is 11.9 Å². The minimum atomic E-state index is 0.303. The molecule has 20 heavy (non-hydrogen) atoms. The predicted octanol–water partition coefficient (Wildman–Crippen LogP) is 0.0863. The third-order valence-electron chi connectivity index (χ3n) is 3.54. The molecule has 0 aromatic carbocycles. The van der Waals surface area contributed by atoms with E-state index in [-0.39, 0.29) is 0 Å². The topological polar surface area (TPSA) is 92.4 Å². The SMILES string of the molecule is CCOc1nc(NN)nc(N2CCN(C)C(CC)C2)n1. The second kappa shape index (κ2) is 6.67. The van der Waals surface area contributed by atoms with Gasteiger partial charge in [-0.05, 0) is 20.4 Å². The zero-order valence-corrected chi connectivity index (χ0v) is 12.3. The van der Waals surface area contributed by atoms with Crippen LogP contribution in [-0.4, -0.2) is 59.2 Å². The molecule has 0 spiro atoms. The molecule has 0 aliphatic carbocycles. The molecular formula is C12H23N7O. The van der Waals surface area contributed by atoms with Gasteiger partial charge in [-0.15, -0.1) is 0 Å². The van der Waals surface area contributed by atoms with Crippen LogP contribution in [0.3, 0.4) is 0 Å². The first-order valence-electron chi connectivity index (χ1n) is 6.98. The van der Waals surface area contributed by atoms with Gasteiger partial charge < -0.3 is 9.64 Å². The molecular weight excluding hydrogens is 258 g/mol. The Hall–Kier alpha value is -1.67. The van der Waals surface area contributed by atoms with E-state index < -0.39 is 0 Å². The number of likely N-dealkylation sites (N-methyl/N-ethyl adjacent to an activating group) is 1. The number of nitrogens with one attached hydrogen (secondary N) is 1. The molecule has 1 unspecified atom stereocenters. The summed E-state index contributed by atoms with van der Waals surface area (Å²) in [5.41, 5.74) is 2.46. The van der Waals surface area contributed by atoms with Gasteiger partial charge in [0.2, 0.25) is 11.9 Å². The maximum atomic E-state index is 5.40. The zero-order chi connectivity index (χ0) is 14.5. The van der Waals surface area contributed by atoms with Crippen LogP contribution in [0.15, 0.2) is 0 Å². The van der Waals surface area contributed by atoms with Gasteiger partial charge in [-0.25, -0.2) is 5.84 Å². The number of piperazine rings is 1. The van der Waals surface area contributed by atoms with Crippen LogP contribution in [0.1, 0.15) is 20.3 Å². The molecule has 1 atom stereocenters. The Labute approximate surface area is 119 Å². The van der Waals surface area contributed by atoms with Gasteiger partial charge in [0.1, 0.15) is 0 Å². The lowest BCUT2D eigenvalue weighted by Crippen LogP contribution is -2.51. The van der Waals surface area contributed by atoms with E-state index in [0.29, 0.717) is 30.6 Å². The summed E-state index contributed by atoms with van der Waals surface area (Å²) >= 11 is 0. The van der Waals surface area contributed by atoms with Crippen LogP contribution in [-0.2, 0) is 0 Å². The molecule has 1 aromatic heterocycles. The fourth-order valence-electron chi connectivity index (χ4n) is 2.31. The van der Waals surface area contributed by atoms with Crippen molar-refractivity contribution in [3.63, 3.8) is 0 Å². The maximum Gasteiger partial charge on any atom is 0.323 e. The van der Waals surface area contributed by atoms with Gasteiger partial charge in [0.05, 0.1) is 6.61 Å². The van der Waals surface area contributed by atoms with E-state index in [1.54, 1.807) is 0 Å². The van der Waals surface area contributed by atoms with Crippen molar-refractivity contribution in [2.24, 2.45) is 5.84 Å². The summed E-state index contributed by atoms with van der Waals surface area (Å²) in [5.74, 6) is 6.34. The van der Waals surface area contributed by atoms with Crippen LogP contribution in [0.2, 0.25) is 0 Å². The molecule has 0 amide bonds. The second-order valence-electron chi connectivity index (χ2n) is 4.81. The lowest BCUT2D eigenvalue weighted by Gasteiger charge is -2.39. The van der Waals surface area contributed by atoms with Crippen molar-refractivity contribution in [3.8, 4) is 6.01 Å². The third-order valence-corrected chi connectivity index (χ3v) is 3.54. The highest BCUT2D eigenvalue weighted by atomic mass is 16.5. The van der Waals surface area contributed by atoms with Gasteiger partial charge in [0.25, 0.3) is 0 Å². The molecule has 0 bridgehead atoms. The Kier molecular flexibility index (Phi) is 4.91. The first kappa shape index (κ1) is 14.7. The number of aromatic nitrogens is 3. The Balaban J connectivity index is 2.20. The summed E-state index contributed by atoms with van der Waals surface area (Å²) in [5, 5.41) is 0. The number of nitrogens with two attached hydrogens (primary N) is 1. The summed E-state index contributed by atoms with van der Waals surface area (Å²) in [4.78, 5) is 17.3. The van der Waals surface area contributed by atoms with Crippen molar-refractivity contribution in [1.29, 1.82) is 0 Å². The minimum absolute atomic E-state index is 0.303. The molecule has 112 valence electrons. The van der Waals surface area contributed by atoms with Crippen LogP contribution in [0.25, 0.3) is 0 Å². The van der Waals surface area contributed by atoms with E-state index in [2.05, 4.69) is 44.1 Å². The van der Waals surface area contributed by atoms with E-state index >= 15 is 0 Å². The largest absolute Gasteiger partial charge is 0.464 e. The number of nitrogen functional groups attached to an aromatic ring is 1. The number of rotatable bonds is 5. The quantitative estimate of drug-likeness (QED) is 0.579. The standard InChI is InChI=1S/C12H23N7O/c1-4-9-8-19(7-6-18(9)3)11-14-10(17-13)15-12(16-11)20-5-2/h9H,4-8,13H2,1-3H3,(H,14,15,16,17). The van der Waals surface area contributed by atoms with E-state index in [1.807, 2.05) is 6.92 Å². The van der Waals surface area contributed by atoms with Gasteiger partial charge in [-0.3, -0.25) is 10.3 Å². The van der Waals surface area contributed by atoms with Crippen molar-refractivity contribution in [1.82, 2.24) is 19.9 Å². The molecule has 0 saturated carbocycles. The predicted molar refractivity (Wildman–Crippen MR) is 77.7 cm³/mol. The number of nitrogens with zero attached hydrogens (tertiary/aromatic N) is 5. The van der Waals surface area contributed by atoms with E-state index in [1.165, 1.54) is 0 Å². The van der Waals surface area contributed by atoms with Gasteiger partial charge in [0.15, 0.2) is 0 Å². The lowest BCUT2D eigenvalue weighted by atomic mass is 10.1. The molecule has 2 heterocycles. The van der Waals surface area contributed by atoms with Crippen molar-refractivity contribution < 1.29 is 4.74 Å². The van der Waals surface area contributed by atoms with E-state index in [0.717, 1.165) is 26.1 Å². The van der Waals surface area contributed by atoms with Gasteiger partial charge in [0, 0.05) is 25.7 Å². The van der Waals surface area contributed by atoms with Crippen LogP contribution >= 0.6 is 0 Å². The van der Waals surface area contributed by atoms with Crippen LogP contribution in [0, 0.1) is 0 Å². The first-order valence-corrected chi connectivity index (χ1v) is 6.98. The number of hydrogen-bond acceptors (Lipinski definition) is 8. The molecule has 1 saturated heterocycles. The molecule has 8 heteroatoms. The minimum Gasteiger partial charge on any atom is -0.464 e. The summed E-state index contributed by atoms with van der Waals surface area (Å²) in [6.45, 7) is 7.35. The van der Waals surface area contributed by atoms with Gasteiger partial charge >= 0.3 is 6.01 Å².